The predicted octanol–water partition coefficient (Wildman–Crippen LogP) is 4.07. The fourth-order valence-corrected chi connectivity index (χ4v) is 4.38. The minimum absolute atomic E-state index is 0.114. The molecule has 2 N–H and O–H groups in total. The average molecular weight is 345 g/mol. The molecule has 1 saturated carbocycles. The first-order valence-corrected chi connectivity index (χ1v) is 9.81. The molecule has 1 aromatic rings. The van der Waals surface area contributed by atoms with Crippen LogP contribution in [0.25, 0.3) is 0 Å². The molecule has 4 heteroatoms. The molecule has 25 heavy (non-hydrogen) atoms. The van der Waals surface area contributed by atoms with E-state index in [1.54, 1.807) is 0 Å². The van der Waals surface area contributed by atoms with Gasteiger partial charge in [-0.05, 0) is 50.2 Å². The summed E-state index contributed by atoms with van der Waals surface area (Å²) >= 11 is 0. The summed E-state index contributed by atoms with van der Waals surface area (Å²) < 4.78 is 12.0. The maximum absolute atomic E-state index is 12.2. The van der Waals surface area contributed by atoms with Crippen LogP contribution in [0.4, 0.5) is 0 Å². The van der Waals surface area contributed by atoms with E-state index in [0.29, 0.717) is 12.3 Å². The Morgan fingerprint density at radius 1 is 1.08 bits per heavy atom. The van der Waals surface area contributed by atoms with Crippen LogP contribution in [0.15, 0.2) is 30.3 Å². The molecule has 1 heterocycles. The van der Waals surface area contributed by atoms with E-state index < -0.39 is 6.04 Å². The third-order valence-corrected chi connectivity index (χ3v) is 5.75. The molecule has 0 unspecified atom stereocenters. The van der Waals surface area contributed by atoms with Crippen molar-refractivity contribution in [2.45, 2.75) is 76.5 Å². The van der Waals surface area contributed by atoms with E-state index in [4.69, 9.17) is 15.2 Å². The van der Waals surface area contributed by atoms with Gasteiger partial charge < -0.3 is 15.2 Å². The summed E-state index contributed by atoms with van der Waals surface area (Å²) in [4.78, 5) is 12.2. The zero-order valence-electron chi connectivity index (χ0n) is 15.2. The number of carbonyl (C=O) groups is 1. The van der Waals surface area contributed by atoms with E-state index >= 15 is 0 Å². The number of rotatable bonds is 4. The molecule has 1 aromatic carbocycles. The summed E-state index contributed by atoms with van der Waals surface area (Å²) in [6.45, 7) is 1.95. The zero-order chi connectivity index (χ0) is 17.6. The molecule has 1 saturated heterocycles. The van der Waals surface area contributed by atoms with Gasteiger partial charge in [-0.3, -0.25) is 4.79 Å². The van der Waals surface area contributed by atoms with Crippen molar-refractivity contribution in [3.63, 3.8) is 0 Å². The standard InChI is InChI=1S/C21H31NO3/c1-15-20(25-18-11-3-2-4-12-18)17(14-16-8-5-6-9-16)10-7-13-19(22)21(23)24-15/h2-4,11-12,15-17,19-20H,5-10,13-14,22H2,1H3/t15-,17+,19-,20-/m0/s1. The topological polar surface area (TPSA) is 61.5 Å². The molecule has 2 fully saturated rings. The lowest BCUT2D eigenvalue weighted by molar-refractivity contribution is -0.155. The van der Waals surface area contributed by atoms with Gasteiger partial charge in [0, 0.05) is 0 Å². The van der Waals surface area contributed by atoms with Gasteiger partial charge in [-0.1, -0.05) is 50.3 Å². The van der Waals surface area contributed by atoms with Crippen LogP contribution >= 0.6 is 0 Å². The maximum Gasteiger partial charge on any atom is 0.323 e. The third-order valence-electron chi connectivity index (χ3n) is 5.75. The van der Waals surface area contributed by atoms with Gasteiger partial charge in [0.1, 0.15) is 24.0 Å². The molecule has 4 atom stereocenters. The van der Waals surface area contributed by atoms with Gasteiger partial charge in [0.2, 0.25) is 0 Å². The Balaban J connectivity index is 1.78. The van der Waals surface area contributed by atoms with Gasteiger partial charge in [0.25, 0.3) is 0 Å². The van der Waals surface area contributed by atoms with Crippen LogP contribution in [0.1, 0.15) is 58.3 Å². The summed E-state index contributed by atoms with van der Waals surface area (Å²) in [7, 11) is 0. The Kier molecular flexibility index (Phi) is 6.35. The third kappa shape index (κ3) is 4.97. The van der Waals surface area contributed by atoms with Gasteiger partial charge >= 0.3 is 5.97 Å². The van der Waals surface area contributed by atoms with Crippen molar-refractivity contribution in [2.24, 2.45) is 17.6 Å². The number of hydrogen-bond donors (Lipinski definition) is 1. The summed E-state index contributed by atoms with van der Waals surface area (Å²) in [5.74, 6) is 1.73. The number of esters is 1. The molecule has 4 nitrogen and oxygen atoms in total. The van der Waals surface area contributed by atoms with Crippen LogP contribution in [0, 0.1) is 11.8 Å². The smallest absolute Gasteiger partial charge is 0.323 e. The maximum atomic E-state index is 12.2. The largest absolute Gasteiger partial charge is 0.486 e. The Morgan fingerprint density at radius 3 is 2.52 bits per heavy atom. The number of benzene rings is 1. The van der Waals surface area contributed by atoms with Crippen molar-refractivity contribution in [1.82, 2.24) is 0 Å². The first-order valence-electron chi connectivity index (χ1n) is 9.81. The highest BCUT2D eigenvalue weighted by atomic mass is 16.6. The molecule has 1 aliphatic heterocycles. The number of hydrogen-bond acceptors (Lipinski definition) is 4. The molecule has 0 aromatic heterocycles. The second-order valence-electron chi connectivity index (χ2n) is 7.72. The van der Waals surface area contributed by atoms with Crippen LogP contribution in [0.2, 0.25) is 0 Å². The number of carbonyl (C=O) groups excluding carboxylic acids is 1. The molecule has 138 valence electrons. The predicted molar refractivity (Wildman–Crippen MR) is 98.3 cm³/mol. The highest BCUT2D eigenvalue weighted by Gasteiger charge is 2.35. The highest BCUT2D eigenvalue weighted by molar-refractivity contribution is 5.75. The zero-order valence-corrected chi connectivity index (χ0v) is 15.2. The van der Waals surface area contributed by atoms with Gasteiger partial charge in [0.05, 0.1) is 0 Å². The van der Waals surface area contributed by atoms with Crippen LogP contribution < -0.4 is 10.5 Å². The van der Waals surface area contributed by atoms with E-state index in [9.17, 15) is 4.79 Å². The van der Waals surface area contributed by atoms with E-state index in [-0.39, 0.29) is 18.2 Å². The molecular formula is C21H31NO3. The monoisotopic (exact) mass is 345 g/mol. The summed E-state index contributed by atoms with van der Waals surface area (Å²) in [5.41, 5.74) is 5.97. The normalized spacial score (nSPS) is 31.7. The van der Waals surface area contributed by atoms with Gasteiger partial charge in [-0.2, -0.15) is 0 Å². The Hall–Kier alpha value is -1.55. The van der Waals surface area contributed by atoms with Crippen LogP contribution in [0.3, 0.4) is 0 Å². The molecule has 0 amide bonds. The number of para-hydroxylation sites is 1. The first-order chi connectivity index (χ1) is 12.1. The van der Waals surface area contributed by atoms with Crippen molar-refractivity contribution < 1.29 is 14.3 Å². The SMILES string of the molecule is C[C@@H]1OC(=O)[C@@H](N)CCC[C@H](CC2CCCC2)[C@H]1Oc1ccccc1. The molecule has 0 spiro atoms. The number of ether oxygens (including phenoxy) is 2. The lowest BCUT2D eigenvalue weighted by Gasteiger charge is -2.33. The van der Waals surface area contributed by atoms with Gasteiger partial charge in [0.15, 0.2) is 0 Å². The van der Waals surface area contributed by atoms with Crippen molar-refractivity contribution in [3.05, 3.63) is 30.3 Å². The molecular weight excluding hydrogens is 314 g/mol. The Labute approximate surface area is 151 Å². The lowest BCUT2D eigenvalue weighted by Crippen LogP contribution is -2.42. The molecule has 0 radical (unpaired) electrons. The van der Waals surface area contributed by atoms with Gasteiger partial charge in [-0.25, -0.2) is 0 Å². The molecule has 3 rings (SSSR count). The van der Waals surface area contributed by atoms with Crippen molar-refractivity contribution >= 4 is 5.97 Å². The van der Waals surface area contributed by atoms with E-state index in [0.717, 1.165) is 30.9 Å². The van der Waals surface area contributed by atoms with Crippen LogP contribution in [-0.2, 0) is 9.53 Å². The number of cyclic esters (lactones) is 1. The van der Waals surface area contributed by atoms with E-state index in [1.165, 1.54) is 25.7 Å². The minimum Gasteiger partial charge on any atom is -0.486 e. The summed E-state index contributed by atoms with van der Waals surface area (Å²) in [6, 6.07) is 9.37. The summed E-state index contributed by atoms with van der Waals surface area (Å²) in [6.07, 6.45) is 8.79. The summed E-state index contributed by atoms with van der Waals surface area (Å²) in [5, 5.41) is 0. The molecule has 0 bridgehead atoms. The molecule has 1 aliphatic carbocycles. The fourth-order valence-electron chi connectivity index (χ4n) is 4.38. The minimum atomic E-state index is -0.509. The average Bonchev–Trinajstić information content (AvgIpc) is 3.12. The van der Waals surface area contributed by atoms with Crippen molar-refractivity contribution in [1.29, 1.82) is 0 Å². The van der Waals surface area contributed by atoms with E-state index in [1.807, 2.05) is 37.3 Å². The second-order valence-corrected chi connectivity index (χ2v) is 7.72. The Bertz CT molecular complexity index is 541. The number of nitrogens with two attached hydrogens (primary N) is 1. The van der Waals surface area contributed by atoms with E-state index in [2.05, 4.69) is 0 Å². The first kappa shape index (κ1) is 18.2. The fraction of sp³-hybridized carbons (Fsp3) is 0.667. The van der Waals surface area contributed by atoms with Gasteiger partial charge in [-0.15, -0.1) is 0 Å². The lowest BCUT2D eigenvalue weighted by atomic mass is 9.83. The van der Waals surface area contributed by atoms with Crippen LogP contribution in [0.5, 0.6) is 5.75 Å². The Morgan fingerprint density at radius 2 is 1.80 bits per heavy atom. The van der Waals surface area contributed by atoms with Crippen LogP contribution in [-0.4, -0.2) is 24.2 Å². The molecule has 2 aliphatic rings. The second kappa shape index (κ2) is 8.70. The van der Waals surface area contributed by atoms with Crippen molar-refractivity contribution in [3.8, 4) is 5.75 Å². The highest BCUT2D eigenvalue weighted by Crippen LogP contribution is 2.36. The van der Waals surface area contributed by atoms with Crippen molar-refractivity contribution in [2.75, 3.05) is 0 Å². The quantitative estimate of drug-likeness (QED) is 0.836.